The quantitative estimate of drug-likeness (QED) is 0.661. The lowest BCUT2D eigenvalue weighted by Crippen LogP contribution is -2.33. The molecule has 6 heteroatoms. The summed E-state index contributed by atoms with van der Waals surface area (Å²) >= 11 is 5.99. The Balaban J connectivity index is 1.95. The van der Waals surface area contributed by atoms with E-state index in [0.717, 1.165) is 0 Å². The maximum absolute atomic E-state index is 12.8. The van der Waals surface area contributed by atoms with E-state index in [1.807, 2.05) is 13.8 Å². The molecule has 2 unspecified atom stereocenters. The number of aliphatic hydroxyl groups is 1. The van der Waals surface area contributed by atoms with Gasteiger partial charge in [-0.3, -0.25) is 4.79 Å². The van der Waals surface area contributed by atoms with Crippen LogP contribution in [0.1, 0.15) is 48.7 Å². The van der Waals surface area contributed by atoms with E-state index in [1.165, 1.54) is 12.1 Å². The van der Waals surface area contributed by atoms with Gasteiger partial charge in [0, 0.05) is 11.4 Å². The fourth-order valence-electron chi connectivity index (χ4n) is 3.70. The number of hydrogen-bond donors (Lipinski definition) is 1. The van der Waals surface area contributed by atoms with Crippen molar-refractivity contribution in [2.24, 2.45) is 5.41 Å². The molecule has 1 aliphatic carbocycles. The van der Waals surface area contributed by atoms with Gasteiger partial charge in [-0.25, -0.2) is 4.79 Å². The van der Waals surface area contributed by atoms with Crippen molar-refractivity contribution in [3.8, 4) is 5.75 Å². The highest BCUT2D eigenvalue weighted by molar-refractivity contribution is 6.30. The molecule has 5 nitrogen and oxygen atoms in total. The fraction of sp³-hybridized carbons (Fsp3) is 0.333. The minimum atomic E-state index is -1.15. The van der Waals surface area contributed by atoms with Crippen molar-refractivity contribution in [1.29, 1.82) is 0 Å². The summed E-state index contributed by atoms with van der Waals surface area (Å²) in [4.78, 5) is 25.1. The summed E-state index contributed by atoms with van der Waals surface area (Å²) in [6.45, 7) is 3.96. The average molecular weight is 429 g/mol. The molecule has 0 saturated carbocycles. The van der Waals surface area contributed by atoms with Crippen LogP contribution in [0, 0.1) is 5.41 Å². The van der Waals surface area contributed by atoms with Crippen molar-refractivity contribution in [3.05, 3.63) is 76.3 Å². The Morgan fingerprint density at radius 2 is 1.83 bits per heavy atom. The molecular weight excluding hydrogens is 404 g/mol. The van der Waals surface area contributed by atoms with E-state index in [4.69, 9.17) is 21.1 Å². The Morgan fingerprint density at radius 3 is 2.43 bits per heavy atom. The van der Waals surface area contributed by atoms with Gasteiger partial charge in [-0.05, 0) is 59.4 Å². The van der Waals surface area contributed by atoms with Gasteiger partial charge >= 0.3 is 5.97 Å². The van der Waals surface area contributed by atoms with E-state index in [2.05, 4.69) is 0 Å². The Bertz CT molecular complexity index is 962. The number of methoxy groups -OCH3 is 1. The molecular formula is C24H25ClO5. The number of aliphatic hydroxyl groups excluding tert-OH is 1. The van der Waals surface area contributed by atoms with Crippen molar-refractivity contribution < 1.29 is 24.2 Å². The first-order valence-electron chi connectivity index (χ1n) is 9.70. The molecule has 30 heavy (non-hydrogen) atoms. The third-order valence-corrected chi connectivity index (χ3v) is 5.32. The molecule has 2 aromatic rings. The third kappa shape index (κ3) is 5.29. The molecule has 3 rings (SSSR count). The number of esters is 1. The molecule has 158 valence electrons. The van der Waals surface area contributed by atoms with Crippen molar-refractivity contribution in [2.45, 2.75) is 38.9 Å². The lowest BCUT2D eigenvalue weighted by Gasteiger charge is -2.34. The Labute approximate surface area is 181 Å². The highest BCUT2D eigenvalue weighted by Crippen LogP contribution is 2.39. The summed E-state index contributed by atoms with van der Waals surface area (Å²) in [5.74, 6) is -0.0228. The van der Waals surface area contributed by atoms with Crippen LogP contribution in [0.2, 0.25) is 5.02 Å². The van der Waals surface area contributed by atoms with Gasteiger partial charge < -0.3 is 14.6 Å². The first-order valence-corrected chi connectivity index (χ1v) is 10.1. The molecule has 0 spiro atoms. The van der Waals surface area contributed by atoms with Gasteiger partial charge in [0.2, 0.25) is 0 Å². The largest absolute Gasteiger partial charge is 0.497 e. The van der Waals surface area contributed by atoms with Gasteiger partial charge in [0.1, 0.15) is 11.9 Å². The average Bonchev–Trinajstić information content (AvgIpc) is 2.70. The number of carbonyl (C=O) groups excluding carboxylic acids is 2. The molecule has 0 fully saturated rings. The zero-order valence-corrected chi connectivity index (χ0v) is 18.0. The monoisotopic (exact) mass is 428 g/mol. The molecule has 0 aromatic heterocycles. The molecule has 1 aliphatic rings. The van der Waals surface area contributed by atoms with Crippen LogP contribution in [-0.4, -0.2) is 30.1 Å². The third-order valence-electron chi connectivity index (χ3n) is 5.09. The van der Waals surface area contributed by atoms with Crippen molar-refractivity contribution in [3.63, 3.8) is 0 Å². The van der Waals surface area contributed by atoms with Gasteiger partial charge in [-0.15, -0.1) is 0 Å². The van der Waals surface area contributed by atoms with E-state index in [9.17, 15) is 14.7 Å². The summed E-state index contributed by atoms with van der Waals surface area (Å²) in [7, 11) is 1.56. The van der Waals surface area contributed by atoms with E-state index in [-0.39, 0.29) is 16.8 Å². The number of rotatable bonds is 6. The lowest BCUT2D eigenvalue weighted by molar-refractivity contribution is -0.117. The predicted molar refractivity (Wildman–Crippen MR) is 115 cm³/mol. The highest BCUT2D eigenvalue weighted by atomic mass is 35.5. The zero-order valence-electron chi connectivity index (χ0n) is 17.2. The molecule has 0 radical (unpaired) electrons. The Kier molecular flexibility index (Phi) is 6.64. The van der Waals surface area contributed by atoms with Gasteiger partial charge in [-0.2, -0.15) is 0 Å². The van der Waals surface area contributed by atoms with Crippen LogP contribution in [-0.2, 0) is 9.53 Å². The van der Waals surface area contributed by atoms with Crippen LogP contribution in [0.15, 0.2) is 60.2 Å². The second-order valence-electron chi connectivity index (χ2n) is 8.26. The molecule has 2 aromatic carbocycles. The number of halogens is 1. The number of carbonyl (C=O) groups is 2. The minimum absolute atomic E-state index is 0.0491. The molecule has 0 amide bonds. The molecule has 1 N–H and O–H groups in total. The molecule has 0 saturated heterocycles. The van der Waals surface area contributed by atoms with Crippen molar-refractivity contribution in [2.75, 3.05) is 7.11 Å². The number of ether oxygens (including phenoxy) is 2. The molecule has 0 aliphatic heterocycles. The maximum atomic E-state index is 12.8. The smallest absolute Gasteiger partial charge is 0.338 e. The van der Waals surface area contributed by atoms with E-state index < -0.39 is 18.2 Å². The van der Waals surface area contributed by atoms with Crippen LogP contribution < -0.4 is 4.74 Å². The predicted octanol–water partition coefficient (Wildman–Crippen LogP) is 4.92. The van der Waals surface area contributed by atoms with Gasteiger partial charge in [0.05, 0.1) is 12.7 Å². The SMILES string of the molecule is COc1ccc(C(O)C(OC(=O)c2cccc(Cl)c2)C2=CC(=O)CC(C)(C)C2)cc1. The maximum Gasteiger partial charge on any atom is 0.338 e. The summed E-state index contributed by atoms with van der Waals surface area (Å²) in [5, 5.41) is 11.5. The lowest BCUT2D eigenvalue weighted by atomic mass is 9.74. The topological polar surface area (TPSA) is 72.8 Å². The number of ketones is 1. The first-order chi connectivity index (χ1) is 14.2. The minimum Gasteiger partial charge on any atom is -0.497 e. The van der Waals surface area contributed by atoms with Gasteiger partial charge in [0.25, 0.3) is 0 Å². The Hall–Kier alpha value is -2.63. The zero-order chi connectivity index (χ0) is 21.9. The number of allylic oxidation sites excluding steroid dienone is 1. The Morgan fingerprint density at radius 1 is 1.13 bits per heavy atom. The van der Waals surface area contributed by atoms with Gasteiger partial charge in [-0.1, -0.05) is 43.6 Å². The van der Waals surface area contributed by atoms with Crippen LogP contribution in [0.3, 0.4) is 0 Å². The summed E-state index contributed by atoms with van der Waals surface area (Å²) in [6, 6.07) is 13.3. The van der Waals surface area contributed by atoms with Crippen LogP contribution in [0.25, 0.3) is 0 Å². The van der Waals surface area contributed by atoms with Gasteiger partial charge in [0.15, 0.2) is 11.9 Å². The van der Waals surface area contributed by atoms with Crippen LogP contribution in [0.4, 0.5) is 0 Å². The van der Waals surface area contributed by atoms with Crippen LogP contribution >= 0.6 is 11.6 Å². The van der Waals surface area contributed by atoms with Crippen molar-refractivity contribution >= 4 is 23.4 Å². The van der Waals surface area contributed by atoms with E-state index >= 15 is 0 Å². The van der Waals surface area contributed by atoms with Crippen LogP contribution in [0.5, 0.6) is 5.75 Å². The summed E-state index contributed by atoms with van der Waals surface area (Å²) in [6.07, 6.45) is 0.276. The van der Waals surface area contributed by atoms with Crippen molar-refractivity contribution in [1.82, 2.24) is 0 Å². The van der Waals surface area contributed by atoms with E-state index in [1.54, 1.807) is 49.6 Å². The number of hydrogen-bond acceptors (Lipinski definition) is 5. The molecule has 0 bridgehead atoms. The summed E-state index contributed by atoms with van der Waals surface area (Å²) in [5.41, 5.74) is 1.13. The second-order valence-corrected chi connectivity index (χ2v) is 8.69. The first kappa shape index (κ1) is 22.1. The standard InChI is InChI=1S/C24H25ClO5/c1-24(2)13-17(12-19(26)14-24)22(21(27)15-7-9-20(29-3)10-8-15)30-23(28)16-5-4-6-18(25)11-16/h4-12,21-22,27H,13-14H2,1-3H3. The summed E-state index contributed by atoms with van der Waals surface area (Å²) < 4.78 is 10.9. The highest BCUT2D eigenvalue weighted by Gasteiger charge is 2.36. The van der Waals surface area contributed by atoms with E-state index in [0.29, 0.717) is 34.8 Å². The fourth-order valence-corrected chi connectivity index (χ4v) is 3.89. The molecule has 0 heterocycles. The molecule has 2 atom stereocenters. The number of benzene rings is 2. The normalized spacial score (nSPS) is 17.6. The second kappa shape index (κ2) is 9.02.